The smallest absolute Gasteiger partial charge is 0.229 e. The Balaban J connectivity index is 2.29. The van der Waals surface area contributed by atoms with Crippen molar-refractivity contribution in [1.29, 1.82) is 0 Å². The van der Waals surface area contributed by atoms with Crippen molar-refractivity contribution >= 4 is 28.4 Å². The van der Waals surface area contributed by atoms with E-state index in [1.807, 2.05) is 55.5 Å². The van der Waals surface area contributed by atoms with Gasteiger partial charge in [-0.2, -0.15) is 0 Å². The molecule has 0 amide bonds. The molecule has 0 N–H and O–H groups in total. The van der Waals surface area contributed by atoms with Crippen molar-refractivity contribution in [3.05, 3.63) is 70.2 Å². The molecule has 1 unspecified atom stereocenters. The lowest BCUT2D eigenvalue weighted by molar-refractivity contribution is -0.113. The van der Waals surface area contributed by atoms with Gasteiger partial charge >= 0.3 is 0 Å². The van der Waals surface area contributed by atoms with Gasteiger partial charge in [-0.3, -0.25) is 4.79 Å². The van der Waals surface area contributed by atoms with Crippen LogP contribution in [0.2, 0.25) is 5.02 Å². The lowest BCUT2D eigenvalue weighted by Gasteiger charge is -2.14. The highest BCUT2D eigenvalue weighted by atomic mass is 35.5. The fourth-order valence-corrected chi connectivity index (χ4v) is 2.43. The fraction of sp³-hybridized carbons (Fsp3) is 0.188. The van der Waals surface area contributed by atoms with Gasteiger partial charge < -0.3 is 0 Å². The standard InChI is InChI=1S/C16H14Cl2O/c1-11-6-8-12(9-7-11)14(16(18)19)10-13-4-2-3-5-15(13)17/h2-9,14H,10H2,1H3. The van der Waals surface area contributed by atoms with E-state index in [4.69, 9.17) is 23.2 Å². The highest BCUT2D eigenvalue weighted by molar-refractivity contribution is 6.64. The zero-order valence-corrected chi connectivity index (χ0v) is 12.1. The molecule has 1 nitrogen and oxygen atoms in total. The second kappa shape index (κ2) is 6.23. The summed E-state index contributed by atoms with van der Waals surface area (Å²) in [6, 6.07) is 15.4. The number of rotatable bonds is 4. The Labute approximate surface area is 123 Å². The summed E-state index contributed by atoms with van der Waals surface area (Å²) in [4.78, 5) is 11.7. The topological polar surface area (TPSA) is 17.1 Å². The van der Waals surface area contributed by atoms with E-state index in [0.717, 1.165) is 16.7 Å². The first-order valence-corrected chi connectivity index (χ1v) is 6.83. The van der Waals surface area contributed by atoms with Gasteiger partial charge in [-0.1, -0.05) is 59.6 Å². The molecule has 2 rings (SSSR count). The molecule has 19 heavy (non-hydrogen) atoms. The third-order valence-electron chi connectivity index (χ3n) is 3.14. The minimum absolute atomic E-state index is 0.358. The number of carbonyl (C=O) groups is 1. The third-order valence-corrected chi connectivity index (χ3v) is 3.77. The first kappa shape index (κ1) is 14.1. The molecule has 0 radical (unpaired) electrons. The third kappa shape index (κ3) is 3.59. The minimum atomic E-state index is -0.359. The number of carbonyl (C=O) groups excluding carboxylic acids is 1. The molecule has 2 aromatic carbocycles. The molecule has 0 aromatic heterocycles. The van der Waals surface area contributed by atoms with E-state index in [9.17, 15) is 4.79 Å². The van der Waals surface area contributed by atoms with E-state index in [1.54, 1.807) is 0 Å². The van der Waals surface area contributed by atoms with Crippen molar-refractivity contribution in [3.8, 4) is 0 Å². The van der Waals surface area contributed by atoms with Crippen molar-refractivity contribution in [2.75, 3.05) is 0 Å². The van der Waals surface area contributed by atoms with Crippen LogP contribution in [-0.4, -0.2) is 5.24 Å². The van der Waals surface area contributed by atoms with Crippen LogP contribution in [-0.2, 0) is 11.2 Å². The first-order valence-electron chi connectivity index (χ1n) is 6.07. The Kier molecular flexibility index (Phi) is 4.62. The van der Waals surface area contributed by atoms with Gasteiger partial charge in [-0.05, 0) is 42.1 Å². The van der Waals surface area contributed by atoms with Gasteiger partial charge in [-0.15, -0.1) is 0 Å². The molecule has 0 saturated heterocycles. The molecule has 0 heterocycles. The van der Waals surface area contributed by atoms with Gasteiger partial charge in [0.1, 0.15) is 0 Å². The van der Waals surface area contributed by atoms with E-state index in [0.29, 0.717) is 11.4 Å². The number of halogens is 2. The summed E-state index contributed by atoms with van der Waals surface area (Å²) in [6.07, 6.45) is 0.519. The summed E-state index contributed by atoms with van der Waals surface area (Å²) in [6.45, 7) is 2.01. The van der Waals surface area contributed by atoms with E-state index < -0.39 is 0 Å². The Bertz CT molecular complexity index is 576. The van der Waals surface area contributed by atoms with Crippen LogP contribution in [0.1, 0.15) is 22.6 Å². The highest BCUT2D eigenvalue weighted by Gasteiger charge is 2.20. The highest BCUT2D eigenvalue weighted by Crippen LogP contribution is 2.27. The Morgan fingerprint density at radius 2 is 1.74 bits per heavy atom. The summed E-state index contributed by atoms with van der Waals surface area (Å²) in [5.41, 5.74) is 3.01. The molecule has 0 fully saturated rings. The van der Waals surface area contributed by atoms with Crippen molar-refractivity contribution in [2.45, 2.75) is 19.3 Å². The predicted molar refractivity (Wildman–Crippen MR) is 79.9 cm³/mol. The van der Waals surface area contributed by atoms with Crippen LogP contribution in [0.5, 0.6) is 0 Å². The maximum absolute atomic E-state index is 11.7. The normalized spacial score (nSPS) is 12.2. The number of hydrogen-bond acceptors (Lipinski definition) is 1. The van der Waals surface area contributed by atoms with Gasteiger partial charge in [-0.25, -0.2) is 0 Å². The SMILES string of the molecule is Cc1ccc(C(Cc2ccccc2Cl)C(=O)Cl)cc1. The molecule has 0 spiro atoms. The zero-order valence-electron chi connectivity index (χ0n) is 10.6. The maximum Gasteiger partial charge on any atom is 0.229 e. The van der Waals surface area contributed by atoms with Crippen LogP contribution in [0.3, 0.4) is 0 Å². The van der Waals surface area contributed by atoms with Crippen LogP contribution in [0.4, 0.5) is 0 Å². The molecule has 0 aliphatic carbocycles. The molecule has 1 atom stereocenters. The van der Waals surface area contributed by atoms with Crippen molar-refractivity contribution in [1.82, 2.24) is 0 Å². The Morgan fingerprint density at radius 3 is 2.32 bits per heavy atom. The lowest BCUT2D eigenvalue weighted by Crippen LogP contribution is -2.10. The second-order valence-electron chi connectivity index (χ2n) is 4.56. The maximum atomic E-state index is 11.7. The van der Waals surface area contributed by atoms with E-state index in [1.165, 1.54) is 0 Å². The number of benzene rings is 2. The lowest BCUT2D eigenvalue weighted by atomic mass is 9.92. The summed E-state index contributed by atoms with van der Waals surface area (Å²) >= 11 is 11.9. The van der Waals surface area contributed by atoms with Gasteiger partial charge in [0.15, 0.2) is 0 Å². The zero-order chi connectivity index (χ0) is 13.8. The van der Waals surface area contributed by atoms with Crippen LogP contribution < -0.4 is 0 Å². The van der Waals surface area contributed by atoms with E-state index in [-0.39, 0.29) is 11.2 Å². The summed E-state index contributed by atoms with van der Waals surface area (Å²) < 4.78 is 0. The monoisotopic (exact) mass is 292 g/mol. The first-order chi connectivity index (χ1) is 9.08. The van der Waals surface area contributed by atoms with Crippen LogP contribution in [0.15, 0.2) is 48.5 Å². The molecule has 0 bridgehead atoms. The molecule has 98 valence electrons. The summed E-state index contributed by atoms with van der Waals surface area (Å²) in [7, 11) is 0. The van der Waals surface area contributed by atoms with Gasteiger partial charge in [0.25, 0.3) is 0 Å². The Morgan fingerprint density at radius 1 is 1.11 bits per heavy atom. The second-order valence-corrected chi connectivity index (χ2v) is 5.34. The summed E-state index contributed by atoms with van der Waals surface area (Å²) in [5, 5.41) is 0.307. The average Bonchev–Trinajstić information content (AvgIpc) is 2.39. The number of hydrogen-bond donors (Lipinski definition) is 0. The quantitative estimate of drug-likeness (QED) is 0.744. The van der Waals surface area contributed by atoms with Crippen molar-refractivity contribution < 1.29 is 4.79 Å². The average molecular weight is 293 g/mol. The van der Waals surface area contributed by atoms with Crippen LogP contribution in [0, 0.1) is 6.92 Å². The molecular weight excluding hydrogens is 279 g/mol. The van der Waals surface area contributed by atoms with E-state index in [2.05, 4.69) is 0 Å². The summed E-state index contributed by atoms with van der Waals surface area (Å²) in [5.74, 6) is -0.359. The fourth-order valence-electron chi connectivity index (χ4n) is 2.01. The molecular formula is C16H14Cl2O. The van der Waals surface area contributed by atoms with Gasteiger partial charge in [0.2, 0.25) is 5.24 Å². The Hall–Kier alpha value is -1.31. The van der Waals surface area contributed by atoms with Crippen molar-refractivity contribution in [3.63, 3.8) is 0 Å². The van der Waals surface area contributed by atoms with Crippen LogP contribution in [0.25, 0.3) is 0 Å². The number of aryl methyl sites for hydroxylation is 1. The largest absolute Gasteiger partial charge is 0.281 e. The van der Waals surface area contributed by atoms with Crippen LogP contribution >= 0.6 is 23.2 Å². The molecule has 0 saturated carbocycles. The predicted octanol–water partition coefficient (Wildman–Crippen LogP) is 4.74. The molecule has 0 aliphatic rings. The molecule has 2 aromatic rings. The van der Waals surface area contributed by atoms with Crippen molar-refractivity contribution in [2.24, 2.45) is 0 Å². The molecule has 0 aliphatic heterocycles. The van der Waals surface area contributed by atoms with E-state index >= 15 is 0 Å². The van der Waals surface area contributed by atoms with Gasteiger partial charge in [0.05, 0.1) is 5.92 Å². The molecule has 3 heteroatoms. The minimum Gasteiger partial charge on any atom is -0.281 e. The van der Waals surface area contributed by atoms with Gasteiger partial charge in [0, 0.05) is 5.02 Å².